The third-order valence-electron chi connectivity index (χ3n) is 6.23. The molecule has 0 saturated carbocycles. The van der Waals surface area contributed by atoms with Crippen LogP contribution in [0.3, 0.4) is 0 Å². The van der Waals surface area contributed by atoms with Crippen LogP contribution in [-0.2, 0) is 46.3 Å². The van der Waals surface area contributed by atoms with Gasteiger partial charge in [-0.2, -0.15) is 0 Å². The average molecular weight is 501 g/mol. The van der Waals surface area contributed by atoms with Crippen molar-refractivity contribution >= 4 is 11.9 Å². The highest BCUT2D eigenvalue weighted by Gasteiger charge is 2.73. The van der Waals surface area contributed by atoms with E-state index in [-0.39, 0.29) is 26.2 Å². The third kappa shape index (κ3) is 5.95. The van der Waals surface area contributed by atoms with Gasteiger partial charge in [-0.1, -0.05) is 60.7 Å². The zero-order valence-corrected chi connectivity index (χ0v) is 21.4. The van der Waals surface area contributed by atoms with E-state index < -0.39 is 35.0 Å². The Hall–Kier alpha value is -2.78. The molecule has 0 bridgehead atoms. The Morgan fingerprint density at radius 1 is 1.03 bits per heavy atom. The largest absolute Gasteiger partial charge is 0.467 e. The zero-order chi connectivity index (χ0) is 26.2. The molecule has 1 saturated heterocycles. The van der Waals surface area contributed by atoms with Gasteiger partial charge in [0.2, 0.25) is 11.2 Å². The predicted molar refractivity (Wildman–Crippen MR) is 132 cm³/mol. The van der Waals surface area contributed by atoms with E-state index in [9.17, 15) is 14.7 Å². The van der Waals surface area contributed by atoms with Crippen LogP contribution in [-0.4, -0.2) is 60.5 Å². The molecule has 0 amide bonds. The Bertz CT molecular complexity index is 993. The maximum atomic E-state index is 13.4. The van der Waals surface area contributed by atoms with Crippen LogP contribution in [0, 0.1) is 0 Å². The summed E-state index contributed by atoms with van der Waals surface area (Å²) in [5.74, 6) is -3.22. The lowest BCUT2D eigenvalue weighted by Crippen LogP contribution is -2.70. The van der Waals surface area contributed by atoms with Crippen LogP contribution in [0.4, 0.5) is 0 Å². The number of carbonyl (C=O) groups excluding carboxylic acids is 2. The van der Waals surface area contributed by atoms with E-state index in [0.717, 1.165) is 11.1 Å². The van der Waals surface area contributed by atoms with Gasteiger partial charge in [0, 0.05) is 0 Å². The molecule has 8 nitrogen and oxygen atoms in total. The number of aryl methyl sites for hydroxylation is 1. The Morgan fingerprint density at radius 3 is 2.22 bits per heavy atom. The van der Waals surface area contributed by atoms with E-state index >= 15 is 0 Å². The van der Waals surface area contributed by atoms with Crippen LogP contribution in [0.25, 0.3) is 0 Å². The molecule has 196 valence electrons. The summed E-state index contributed by atoms with van der Waals surface area (Å²) in [6.45, 7) is 4.97. The molecule has 0 aliphatic carbocycles. The molecule has 1 N–H and O–H groups in total. The highest BCUT2D eigenvalue weighted by Crippen LogP contribution is 2.47. The smallest absolute Gasteiger partial charge is 0.344 e. The highest BCUT2D eigenvalue weighted by molar-refractivity contribution is 5.93. The minimum Gasteiger partial charge on any atom is -0.467 e. The molecule has 36 heavy (non-hydrogen) atoms. The van der Waals surface area contributed by atoms with Gasteiger partial charge in [0.1, 0.15) is 6.10 Å². The molecule has 0 unspecified atom stereocenters. The minimum absolute atomic E-state index is 0.0104. The van der Waals surface area contributed by atoms with E-state index in [1.807, 2.05) is 60.7 Å². The Balaban J connectivity index is 1.94. The predicted octanol–water partition coefficient (Wildman–Crippen LogP) is 3.58. The summed E-state index contributed by atoms with van der Waals surface area (Å²) in [5, 5.41) is 12.0. The monoisotopic (exact) mass is 500 g/mol. The van der Waals surface area contributed by atoms with Gasteiger partial charge >= 0.3 is 11.9 Å². The number of hydrogen-bond donors (Lipinski definition) is 1. The summed E-state index contributed by atoms with van der Waals surface area (Å²) in [4.78, 5) is 26.7. The quantitative estimate of drug-likeness (QED) is 0.442. The summed E-state index contributed by atoms with van der Waals surface area (Å²) in [6.07, 6.45) is -0.321. The molecule has 1 fully saturated rings. The van der Waals surface area contributed by atoms with Crippen LogP contribution < -0.4 is 0 Å². The normalized spacial score (nSPS) is 22.5. The number of carbonyl (C=O) groups is 2. The van der Waals surface area contributed by atoms with Crippen molar-refractivity contribution in [3.63, 3.8) is 0 Å². The number of esters is 2. The number of ether oxygens (including phenoxy) is 5. The molecule has 0 aromatic heterocycles. The lowest BCUT2D eigenvalue weighted by Gasteiger charge is -2.42. The molecule has 1 heterocycles. The molecule has 1 aliphatic heterocycles. The van der Waals surface area contributed by atoms with Crippen molar-refractivity contribution in [3.8, 4) is 0 Å². The first kappa shape index (κ1) is 27.8. The van der Waals surface area contributed by atoms with Crippen molar-refractivity contribution < 1.29 is 38.4 Å². The van der Waals surface area contributed by atoms with E-state index in [1.54, 1.807) is 20.8 Å². The topological polar surface area (TPSA) is 101 Å². The summed E-state index contributed by atoms with van der Waals surface area (Å²) >= 11 is 0. The highest BCUT2D eigenvalue weighted by atomic mass is 16.8. The van der Waals surface area contributed by atoms with E-state index in [0.29, 0.717) is 12.8 Å². The fraction of sp³-hybridized carbons (Fsp3) is 0.500. The van der Waals surface area contributed by atoms with Gasteiger partial charge in [-0.25, -0.2) is 9.59 Å². The van der Waals surface area contributed by atoms with Crippen molar-refractivity contribution in [2.24, 2.45) is 0 Å². The second-order valence-electron chi connectivity index (χ2n) is 9.26. The van der Waals surface area contributed by atoms with Crippen LogP contribution in [0.15, 0.2) is 60.7 Å². The molecule has 0 radical (unpaired) electrons. The maximum absolute atomic E-state index is 13.4. The van der Waals surface area contributed by atoms with E-state index in [4.69, 9.17) is 23.7 Å². The summed E-state index contributed by atoms with van der Waals surface area (Å²) in [6, 6.07) is 19.1. The van der Waals surface area contributed by atoms with Crippen molar-refractivity contribution in [1.29, 1.82) is 0 Å². The molecule has 1 aliphatic rings. The van der Waals surface area contributed by atoms with Crippen molar-refractivity contribution in [1.82, 2.24) is 0 Å². The average Bonchev–Trinajstić information content (AvgIpc) is 3.16. The number of benzene rings is 2. The van der Waals surface area contributed by atoms with Crippen LogP contribution in [0.5, 0.6) is 0 Å². The molecule has 2 aromatic rings. The van der Waals surface area contributed by atoms with E-state index in [2.05, 4.69) is 0 Å². The molecular weight excluding hydrogens is 464 g/mol. The first-order valence-electron chi connectivity index (χ1n) is 12.2. The fourth-order valence-electron chi connectivity index (χ4n) is 4.64. The van der Waals surface area contributed by atoms with Gasteiger partial charge in [0.15, 0.2) is 5.79 Å². The van der Waals surface area contributed by atoms with E-state index in [1.165, 1.54) is 7.11 Å². The first-order valence-corrected chi connectivity index (χ1v) is 12.2. The number of hydrogen-bond acceptors (Lipinski definition) is 8. The molecule has 2 aromatic carbocycles. The SMILES string of the molecule is CCOC(=O)[C@@](O)(CCCc1ccccc1)[C@@]1(C(=O)OC)OC(C)(C)O[C@@H]1COCc1ccccc1. The van der Waals surface area contributed by atoms with Gasteiger partial charge in [0.25, 0.3) is 0 Å². The molecule has 8 heteroatoms. The Morgan fingerprint density at radius 2 is 1.64 bits per heavy atom. The molecule has 3 atom stereocenters. The lowest BCUT2D eigenvalue weighted by atomic mass is 9.75. The van der Waals surface area contributed by atoms with Crippen LogP contribution in [0.2, 0.25) is 0 Å². The summed E-state index contributed by atoms with van der Waals surface area (Å²) < 4.78 is 28.4. The minimum atomic E-state index is -2.39. The fourth-order valence-corrected chi connectivity index (χ4v) is 4.64. The van der Waals surface area contributed by atoms with Crippen LogP contribution >= 0.6 is 0 Å². The van der Waals surface area contributed by atoms with Gasteiger partial charge in [-0.15, -0.1) is 0 Å². The standard InChI is InChI=1S/C28H36O8/c1-5-34-24(29)27(31,18-12-17-21-13-8-6-9-14-21)28(25(30)32-4)23(35-26(2,3)36-28)20-33-19-22-15-10-7-11-16-22/h6-11,13-16,23,31H,5,12,17-20H2,1-4H3/t23-,27+,28-/m1/s1. The molecule has 3 rings (SSSR count). The van der Waals surface area contributed by atoms with Gasteiger partial charge in [-0.3, -0.25) is 0 Å². The third-order valence-corrected chi connectivity index (χ3v) is 6.23. The van der Waals surface area contributed by atoms with Crippen molar-refractivity contribution in [2.75, 3.05) is 20.3 Å². The van der Waals surface area contributed by atoms with Gasteiger partial charge in [-0.05, 0) is 51.2 Å². The zero-order valence-electron chi connectivity index (χ0n) is 21.4. The number of methoxy groups -OCH3 is 1. The van der Waals surface area contributed by atoms with Gasteiger partial charge < -0.3 is 28.8 Å². The second-order valence-corrected chi connectivity index (χ2v) is 9.26. The van der Waals surface area contributed by atoms with Gasteiger partial charge in [0.05, 0.1) is 26.9 Å². The second kappa shape index (κ2) is 12.0. The van der Waals surface area contributed by atoms with Crippen LogP contribution in [0.1, 0.15) is 44.7 Å². The summed E-state index contributed by atoms with van der Waals surface area (Å²) in [5.41, 5.74) is -2.64. The number of rotatable bonds is 12. The van der Waals surface area contributed by atoms with Crippen molar-refractivity contribution in [2.45, 2.75) is 69.7 Å². The Kier molecular flexibility index (Phi) is 9.24. The lowest BCUT2D eigenvalue weighted by molar-refractivity contribution is -0.236. The maximum Gasteiger partial charge on any atom is 0.344 e. The number of aliphatic hydroxyl groups is 1. The summed E-state index contributed by atoms with van der Waals surface area (Å²) in [7, 11) is 1.18. The molecular formula is C28H36O8. The van der Waals surface area contributed by atoms with Crippen molar-refractivity contribution in [3.05, 3.63) is 71.8 Å². The Labute approximate surface area is 212 Å². The molecule has 0 spiro atoms. The first-order chi connectivity index (χ1) is 17.2.